The molecule has 2 heterocycles. The summed E-state index contributed by atoms with van der Waals surface area (Å²) in [6, 6.07) is 13.8. The third-order valence-corrected chi connectivity index (χ3v) is 5.47. The lowest BCUT2D eigenvalue weighted by Crippen LogP contribution is -2.43. The number of imidazole rings is 1. The van der Waals surface area contributed by atoms with Gasteiger partial charge in [0.15, 0.2) is 0 Å². The van der Waals surface area contributed by atoms with Gasteiger partial charge < -0.3 is 15.2 Å². The van der Waals surface area contributed by atoms with Gasteiger partial charge in [0, 0.05) is 24.7 Å². The summed E-state index contributed by atoms with van der Waals surface area (Å²) < 4.78 is 0. The van der Waals surface area contributed by atoms with Crippen molar-refractivity contribution in [1.29, 1.82) is 0 Å². The predicted octanol–water partition coefficient (Wildman–Crippen LogP) is 4.06. The molecule has 1 saturated heterocycles. The van der Waals surface area contributed by atoms with Crippen molar-refractivity contribution >= 4 is 34.5 Å². The van der Waals surface area contributed by atoms with Crippen LogP contribution in [0.2, 0.25) is 5.02 Å². The molecule has 0 bridgehead atoms. The number of anilines is 1. The molecule has 1 aliphatic rings. The standard InChI is InChI=1S/C21H23ClN4O/c1-14-5-2-3-6-15(14)12-23-20(27)16-7-4-10-26(13-16)21-24-18-9-8-17(22)11-19(18)25-21/h2-3,5-6,8-9,11,16H,4,7,10,12-13H2,1H3,(H,23,27)(H,24,25)/t16-/m1/s1. The van der Waals surface area contributed by atoms with E-state index in [0.717, 1.165) is 41.9 Å². The lowest BCUT2D eigenvalue weighted by Gasteiger charge is -2.31. The van der Waals surface area contributed by atoms with Gasteiger partial charge in [-0.1, -0.05) is 35.9 Å². The smallest absolute Gasteiger partial charge is 0.225 e. The average Bonchev–Trinajstić information content (AvgIpc) is 3.10. The third-order valence-electron chi connectivity index (χ3n) is 5.24. The van der Waals surface area contributed by atoms with Crippen molar-refractivity contribution in [2.45, 2.75) is 26.3 Å². The molecule has 3 aromatic rings. The van der Waals surface area contributed by atoms with Gasteiger partial charge in [0.2, 0.25) is 11.9 Å². The van der Waals surface area contributed by atoms with Crippen LogP contribution in [-0.4, -0.2) is 29.0 Å². The second kappa shape index (κ2) is 7.61. The number of hydrogen-bond donors (Lipinski definition) is 2. The van der Waals surface area contributed by atoms with Crippen molar-refractivity contribution in [3.8, 4) is 0 Å². The van der Waals surface area contributed by atoms with Crippen molar-refractivity contribution in [3.05, 3.63) is 58.6 Å². The molecule has 1 atom stereocenters. The number of hydrogen-bond acceptors (Lipinski definition) is 3. The second-order valence-corrected chi connectivity index (χ2v) is 7.59. The van der Waals surface area contributed by atoms with Gasteiger partial charge >= 0.3 is 0 Å². The van der Waals surface area contributed by atoms with Crippen molar-refractivity contribution in [3.63, 3.8) is 0 Å². The number of fused-ring (bicyclic) bond motifs is 1. The summed E-state index contributed by atoms with van der Waals surface area (Å²) >= 11 is 6.06. The lowest BCUT2D eigenvalue weighted by atomic mass is 9.97. The maximum atomic E-state index is 12.7. The van der Waals surface area contributed by atoms with E-state index in [4.69, 9.17) is 11.6 Å². The first-order valence-electron chi connectivity index (χ1n) is 9.32. The molecule has 0 unspecified atom stereocenters. The highest BCUT2D eigenvalue weighted by atomic mass is 35.5. The Morgan fingerprint density at radius 3 is 3.04 bits per heavy atom. The number of amides is 1. The highest BCUT2D eigenvalue weighted by Gasteiger charge is 2.27. The Morgan fingerprint density at radius 2 is 2.19 bits per heavy atom. The normalized spacial score (nSPS) is 17.3. The summed E-state index contributed by atoms with van der Waals surface area (Å²) in [5.74, 6) is 0.894. The van der Waals surface area contributed by atoms with E-state index in [2.05, 4.69) is 39.2 Å². The molecular weight excluding hydrogens is 360 g/mol. The number of aromatic nitrogens is 2. The number of rotatable bonds is 4. The molecule has 4 rings (SSSR count). The quantitative estimate of drug-likeness (QED) is 0.715. The number of nitrogens with zero attached hydrogens (tertiary/aromatic N) is 2. The zero-order chi connectivity index (χ0) is 18.8. The van der Waals surface area contributed by atoms with Gasteiger partial charge in [-0.2, -0.15) is 0 Å². The van der Waals surface area contributed by atoms with Crippen LogP contribution in [0.1, 0.15) is 24.0 Å². The molecule has 6 heteroatoms. The summed E-state index contributed by atoms with van der Waals surface area (Å²) in [4.78, 5) is 22.8. The minimum Gasteiger partial charge on any atom is -0.352 e. The van der Waals surface area contributed by atoms with Crippen molar-refractivity contribution in [2.24, 2.45) is 5.92 Å². The molecule has 1 aromatic heterocycles. The van der Waals surface area contributed by atoms with Crippen LogP contribution in [-0.2, 0) is 11.3 Å². The summed E-state index contributed by atoms with van der Waals surface area (Å²) in [6.07, 6.45) is 1.88. The second-order valence-electron chi connectivity index (χ2n) is 7.15. The van der Waals surface area contributed by atoms with Gasteiger partial charge in [-0.25, -0.2) is 4.98 Å². The number of benzene rings is 2. The maximum Gasteiger partial charge on any atom is 0.225 e. The zero-order valence-electron chi connectivity index (χ0n) is 15.3. The Bertz CT molecular complexity index is 968. The highest BCUT2D eigenvalue weighted by Crippen LogP contribution is 2.25. The largest absolute Gasteiger partial charge is 0.352 e. The fraction of sp³-hybridized carbons (Fsp3) is 0.333. The van der Waals surface area contributed by atoms with Crippen molar-refractivity contribution in [1.82, 2.24) is 15.3 Å². The van der Waals surface area contributed by atoms with Crippen LogP contribution in [0.25, 0.3) is 11.0 Å². The first-order valence-corrected chi connectivity index (χ1v) is 9.70. The van der Waals surface area contributed by atoms with Crippen LogP contribution in [0, 0.1) is 12.8 Å². The number of halogens is 1. The first-order chi connectivity index (χ1) is 13.1. The Kier molecular flexibility index (Phi) is 5.03. The molecule has 140 valence electrons. The molecular formula is C21H23ClN4O. The van der Waals surface area contributed by atoms with E-state index in [1.54, 1.807) is 0 Å². The summed E-state index contributed by atoms with van der Waals surface area (Å²) in [5, 5.41) is 3.79. The van der Waals surface area contributed by atoms with Gasteiger partial charge in [-0.15, -0.1) is 0 Å². The number of piperidine rings is 1. The molecule has 2 N–H and O–H groups in total. The topological polar surface area (TPSA) is 61.0 Å². The van der Waals surface area contributed by atoms with E-state index in [9.17, 15) is 4.79 Å². The number of aryl methyl sites for hydroxylation is 1. The average molecular weight is 383 g/mol. The molecule has 0 aliphatic carbocycles. The number of carbonyl (C=O) groups excluding carboxylic acids is 1. The molecule has 0 radical (unpaired) electrons. The van der Waals surface area contributed by atoms with E-state index >= 15 is 0 Å². The monoisotopic (exact) mass is 382 g/mol. The molecule has 0 spiro atoms. The molecule has 27 heavy (non-hydrogen) atoms. The van der Waals surface area contributed by atoms with Crippen LogP contribution in [0.5, 0.6) is 0 Å². The van der Waals surface area contributed by atoms with Crippen LogP contribution in [0.3, 0.4) is 0 Å². The Morgan fingerprint density at radius 1 is 1.33 bits per heavy atom. The summed E-state index contributed by atoms with van der Waals surface area (Å²) in [5.41, 5.74) is 4.17. The lowest BCUT2D eigenvalue weighted by molar-refractivity contribution is -0.125. The summed E-state index contributed by atoms with van der Waals surface area (Å²) in [6.45, 7) is 4.21. The van der Waals surface area contributed by atoms with Crippen LogP contribution in [0.15, 0.2) is 42.5 Å². The maximum absolute atomic E-state index is 12.7. The molecule has 2 aromatic carbocycles. The molecule has 1 amide bonds. The van der Waals surface area contributed by atoms with Crippen LogP contribution >= 0.6 is 11.6 Å². The van der Waals surface area contributed by atoms with E-state index in [0.29, 0.717) is 18.1 Å². The first kappa shape index (κ1) is 17.9. The zero-order valence-corrected chi connectivity index (χ0v) is 16.1. The Hall–Kier alpha value is -2.53. The van der Waals surface area contributed by atoms with E-state index < -0.39 is 0 Å². The van der Waals surface area contributed by atoms with Gasteiger partial charge in [0.05, 0.1) is 17.0 Å². The number of carbonyl (C=O) groups is 1. The summed E-state index contributed by atoms with van der Waals surface area (Å²) in [7, 11) is 0. The van der Waals surface area contributed by atoms with Gasteiger partial charge in [0.25, 0.3) is 0 Å². The third kappa shape index (κ3) is 3.93. The van der Waals surface area contributed by atoms with E-state index in [1.807, 2.05) is 30.3 Å². The fourth-order valence-corrected chi connectivity index (χ4v) is 3.81. The number of H-pyrrole nitrogens is 1. The van der Waals surface area contributed by atoms with Crippen LogP contribution in [0.4, 0.5) is 5.95 Å². The van der Waals surface area contributed by atoms with Gasteiger partial charge in [-0.05, 0) is 49.1 Å². The van der Waals surface area contributed by atoms with Gasteiger partial charge in [0.1, 0.15) is 0 Å². The highest BCUT2D eigenvalue weighted by molar-refractivity contribution is 6.31. The minimum atomic E-state index is -0.0282. The van der Waals surface area contributed by atoms with E-state index in [-0.39, 0.29) is 11.8 Å². The van der Waals surface area contributed by atoms with E-state index in [1.165, 1.54) is 5.56 Å². The van der Waals surface area contributed by atoms with Gasteiger partial charge in [-0.3, -0.25) is 4.79 Å². The number of aromatic amines is 1. The molecule has 5 nitrogen and oxygen atoms in total. The van der Waals surface area contributed by atoms with Crippen molar-refractivity contribution in [2.75, 3.05) is 18.0 Å². The Balaban J connectivity index is 1.42. The minimum absolute atomic E-state index is 0.0282. The van der Waals surface area contributed by atoms with Crippen molar-refractivity contribution < 1.29 is 4.79 Å². The molecule has 1 aliphatic heterocycles. The Labute approximate surface area is 163 Å². The SMILES string of the molecule is Cc1ccccc1CNC(=O)[C@@H]1CCCN(c2nc3ccc(Cl)cc3[nH]2)C1. The molecule has 1 fully saturated rings. The van der Waals surface area contributed by atoms with Crippen LogP contribution < -0.4 is 10.2 Å². The predicted molar refractivity (Wildman–Crippen MR) is 109 cm³/mol. The fourth-order valence-electron chi connectivity index (χ4n) is 3.64. The molecule has 0 saturated carbocycles. The number of nitrogens with one attached hydrogen (secondary N) is 2.